The predicted octanol–water partition coefficient (Wildman–Crippen LogP) is 7.16. The normalized spacial score (nSPS) is 12.7. The van der Waals surface area contributed by atoms with Crippen LogP contribution in [-0.4, -0.2) is 21.3 Å². The minimum Gasteiger partial charge on any atom is -0.508 e. The fourth-order valence-corrected chi connectivity index (χ4v) is 3.33. The minimum absolute atomic E-state index is 0.0651. The van der Waals surface area contributed by atoms with Crippen molar-refractivity contribution in [3.63, 3.8) is 0 Å². The molecule has 0 heterocycles. The Kier molecular flexibility index (Phi) is 11.5. The number of benzene rings is 1. The third-order valence-electron chi connectivity index (χ3n) is 5.24. The summed E-state index contributed by atoms with van der Waals surface area (Å²) in [5, 5.41) is 29.3. The van der Waals surface area contributed by atoms with Crippen LogP contribution < -0.4 is 0 Å². The lowest BCUT2D eigenvalue weighted by molar-refractivity contribution is -0.132. The van der Waals surface area contributed by atoms with Crippen LogP contribution in [0.4, 0.5) is 0 Å². The second-order valence-electron chi connectivity index (χ2n) is 8.51. The number of rotatable bonds is 12. The molecule has 0 spiro atoms. The monoisotopic (exact) mass is 426 g/mol. The maximum Gasteiger partial charge on any atom is 0.331 e. The maximum absolute atomic E-state index is 11.6. The zero-order chi connectivity index (χ0) is 23.4. The standard InChI is InChI=1S/C27H38O4/c1-19(2)9-6-10-20(3)11-7-12-21(4)13-8-14-23(27(30)31)15-16-24-18-25(28)17-22(5)26(24)29/h9,11,13,15,17-18,28-29H,6-8,10,12,14,16H2,1-5H3,(H,30,31)/b20-11+,21-13+,23-15-. The van der Waals surface area contributed by atoms with E-state index in [-0.39, 0.29) is 17.9 Å². The highest BCUT2D eigenvalue weighted by molar-refractivity contribution is 5.86. The van der Waals surface area contributed by atoms with Crippen LogP contribution in [-0.2, 0) is 11.2 Å². The molecule has 1 rings (SSSR count). The van der Waals surface area contributed by atoms with Gasteiger partial charge in [-0.1, -0.05) is 41.0 Å². The van der Waals surface area contributed by atoms with E-state index >= 15 is 0 Å². The number of phenols is 2. The zero-order valence-electron chi connectivity index (χ0n) is 19.7. The Morgan fingerprint density at radius 3 is 1.94 bits per heavy atom. The molecular formula is C27H38O4. The van der Waals surface area contributed by atoms with Crippen molar-refractivity contribution in [1.82, 2.24) is 0 Å². The highest BCUT2D eigenvalue weighted by Gasteiger charge is 2.09. The van der Waals surface area contributed by atoms with E-state index in [0.717, 1.165) is 25.7 Å². The van der Waals surface area contributed by atoms with Crippen molar-refractivity contribution in [1.29, 1.82) is 0 Å². The summed E-state index contributed by atoms with van der Waals surface area (Å²) in [5.41, 5.74) is 5.44. The molecule has 0 fully saturated rings. The van der Waals surface area contributed by atoms with Crippen LogP contribution in [0.3, 0.4) is 0 Å². The molecule has 3 N–H and O–H groups in total. The Morgan fingerprint density at radius 2 is 1.39 bits per heavy atom. The fourth-order valence-electron chi connectivity index (χ4n) is 3.33. The van der Waals surface area contributed by atoms with Gasteiger partial charge in [-0.25, -0.2) is 4.79 Å². The largest absolute Gasteiger partial charge is 0.508 e. The first kappa shape index (κ1) is 26.3. The third kappa shape index (κ3) is 10.7. The number of hydrogen-bond acceptors (Lipinski definition) is 3. The molecule has 0 amide bonds. The van der Waals surface area contributed by atoms with E-state index in [9.17, 15) is 20.1 Å². The predicted molar refractivity (Wildman–Crippen MR) is 129 cm³/mol. The Morgan fingerprint density at radius 1 is 0.839 bits per heavy atom. The summed E-state index contributed by atoms with van der Waals surface area (Å²) in [6, 6.07) is 2.95. The maximum atomic E-state index is 11.6. The first-order chi connectivity index (χ1) is 14.6. The smallest absolute Gasteiger partial charge is 0.331 e. The van der Waals surface area contributed by atoms with E-state index in [0.29, 0.717) is 29.5 Å². The highest BCUT2D eigenvalue weighted by Crippen LogP contribution is 2.28. The molecule has 0 saturated carbocycles. The van der Waals surface area contributed by atoms with E-state index in [4.69, 9.17) is 0 Å². The molecule has 0 aliphatic carbocycles. The van der Waals surface area contributed by atoms with Crippen LogP contribution in [0.15, 0.2) is 58.7 Å². The van der Waals surface area contributed by atoms with Gasteiger partial charge in [0, 0.05) is 11.1 Å². The number of aromatic hydroxyl groups is 2. The Labute approximate surface area is 187 Å². The molecular weight excluding hydrogens is 388 g/mol. The second kappa shape index (κ2) is 13.5. The summed E-state index contributed by atoms with van der Waals surface area (Å²) in [6.07, 6.45) is 13.8. The summed E-state index contributed by atoms with van der Waals surface area (Å²) in [5.74, 6) is -0.786. The Balaban J connectivity index is 2.57. The van der Waals surface area contributed by atoms with Gasteiger partial charge in [-0.05, 0) is 97.3 Å². The van der Waals surface area contributed by atoms with Gasteiger partial charge in [0.1, 0.15) is 11.5 Å². The molecule has 1 aromatic carbocycles. The van der Waals surface area contributed by atoms with E-state index in [1.807, 2.05) is 0 Å². The number of carboxylic acid groups (broad SMARTS) is 1. The van der Waals surface area contributed by atoms with Crippen LogP contribution in [0.25, 0.3) is 0 Å². The van der Waals surface area contributed by atoms with Crippen LogP contribution in [0.2, 0.25) is 0 Å². The average Bonchev–Trinajstić information content (AvgIpc) is 2.67. The SMILES string of the molecule is CC(C)=CCC/C(C)=C/CC/C(C)=C/CC/C(=C/Cc1cc(O)cc(C)c1O)C(=O)O. The van der Waals surface area contributed by atoms with Crippen molar-refractivity contribution in [3.05, 3.63) is 69.9 Å². The molecule has 170 valence electrons. The molecule has 31 heavy (non-hydrogen) atoms. The summed E-state index contributed by atoms with van der Waals surface area (Å²) >= 11 is 0. The lowest BCUT2D eigenvalue weighted by Crippen LogP contribution is -2.01. The topological polar surface area (TPSA) is 77.8 Å². The van der Waals surface area contributed by atoms with Gasteiger partial charge in [0.15, 0.2) is 0 Å². The molecule has 4 nitrogen and oxygen atoms in total. The molecule has 0 saturated heterocycles. The summed E-state index contributed by atoms with van der Waals surface area (Å²) in [4.78, 5) is 11.6. The van der Waals surface area contributed by atoms with Crippen LogP contribution in [0.5, 0.6) is 11.5 Å². The second-order valence-corrected chi connectivity index (χ2v) is 8.51. The number of aryl methyl sites for hydroxylation is 1. The lowest BCUT2D eigenvalue weighted by atomic mass is 10.0. The van der Waals surface area contributed by atoms with Crippen molar-refractivity contribution in [2.75, 3.05) is 0 Å². The molecule has 0 unspecified atom stereocenters. The van der Waals surface area contributed by atoms with E-state index in [1.165, 1.54) is 28.9 Å². The fraction of sp³-hybridized carbons (Fsp3) is 0.444. The van der Waals surface area contributed by atoms with Gasteiger partial charge in [-0.3, -0.25) is 0 Å². The molecule has 1 aromatic rings. The summed E-state index contributed by atoms with van der Waals surface area (Å²) < 4.78 is 0. The molecule has 0 atom stereocenters. The van der Waals surface area contributed by atoms with E-state index in [1.54, 1.807) is 13.0 Å². The van der Waals surface area contributed by atoms with Crippen molar-refractivity contribution in [2.24, 2.45) is 0 Å². The first-order valence-corrected chi connectivity index (χ1v) is 11.0. The molecule has 0 aromatic heterocycles. The van der Waals surface area contributed by atoms with Gasteiger partial charge in [0.25, 0.3) is 0 Å². The lowest BCUT2D eigenvalue weighted by Gasteiger charge is -2.07. The van der Waals surface area contributed by atoms with Crippen LogP contribution in [0.1, 0.15) is 77.3 Å². The van der Waals surface area contributed by atoms with Gasteiger partial charge in [-0.2, -0.15) is 0 Å². The molecule has 0 aliphatic rings. The van der Waals surface area contributed by atoms with Crippen molar-refractivity contribution < 1.29 is 20.1 Å². The third-order valence-corrected chi connectivity index (χ3v) is 5.24. The van der Waals surface area contributed by atoms with Crippen LogP contribution >= 0.6 is 0 Å². The summed E-state index contributed by atoms with van der Waals surface area (Å²) in [7, 11) is 0. The van der Waals surface area contributed by atoms with E-state index in [2.05, 4.69) is 45.9 Å². The quantitative estimate of drug-likeness (QED) is 0.188. The number of carboxylic acids is 1. The van der Waals surface area contributed by atoms with Gasteiger partial charge in [0.05, 0.1) is 0 Å². The van der Waals surface area contributed by atoms with Gasteiger partial charge < -0.3 is 15.3 Å². The van der Waals surface area contributed by atoms with Crippen LogP contribution in [0, 0.1) is 6.92 Å². The van der Waals surface area contributed by atoms with Gasteiger partial charge in [-0.15, -0.1) is 0 Å². The van der Waals surface area contributed by atoms with E-state index < -0.39 is 5.97 Å². The van der Waals surface area contributed by atoms with Gasteiger partial charge in [0.2, 0.25) is 0 Å². The molecule has 0 radical (unpaired) electrons. The first-order valence-electron chi connectivity index (χ1n) is 11.0. The van der Waals surface area contributed by atoms with Crippen molar-refractivity contribution in [3.8, 4) is 11.5 Å². The van der Waals surface area contributed by atoms with Crippen molar-refractivity contribution >= 4 is 5.97 Å². The number of allylic oxidation sites excluding steroid dienone is 7. The van der Waals surface area contributed by atoms with Gasteiger partial charge >= 0.3 is 5.97 Å². The number of hydrogen-bond donors (Lipinski definition) is 3. The minimum atomic E-state index is -0.947. The highest BCUT2D eigenvalue weighted by atomic mass is 16.4. The average molecular weight is 427 g/mol. The number of phenolic OH excluding ortho intramolecular Hbond substituents is 2. The molecule has 0 aliphatic heterocycles. The number of aliphatic carboxylic acids is 1. The number of carbonyl (C=O) groups is 1. The Bertz CT molecular complexity index is 865. The zero-order valence-corrected chi connectivity index (χ0v) is 19.7. The summed E-state index contributed by atoms with van der Waals surface area (Å²) in [6.45, 7) is 10.2. The Hall–Kier alpha value is -2.75. The molecule has 4 heteroatoms. The molecule has 0 bridgehead atoms. The van der Waals surface area contributed by atoms with Crippen molar-refractivity contribution in [2.45, 2.75) is 79.6 Å².